The first kappa shape index (κ1) is 16.9. The van der Waals surface area contributed by atoms with Crippen LogP contribution in [0, 0.1) is 5.82 Å². The van der Waals surface area contributed by atoms with Crippen LogP contribution in [0.3, 0.4) is 0 Å². The van der Waals surface area contributed by atoms with Gasteiger partial charge in [0.1, 0.15) is 11.4 Å². The maximum absolute atomic E-state index is 13.2. The fourth-order valence-corrected chi connectivity index (χ4v) is 3.44. The van der Waals surface area contributed by atoms with E-state index in [9.17, 15) is 14.0 Å². The number of urea groups is 1. The number of benzene rings is 1. The Morgan fingerprint density at radius 3 is 2.67 bits per heavy atom. The van der Waals surface area contributed by atoms with Gasteiger partial charge in [-0.1, -0.05) is 30.9 Å². The highest BCUT2D eigenvalue weighted by molar-refractivity contribution is 7.80. The van der Waals surface area contributed by atoms with E-state index in [1.165, 1.54) is 18.2 Å². The lowest BCUT2D eigenvalue weighted by atomic mass is 9.82. The van der Waals surface area contributed by atoms with Crippen molar-refractivity contribution in [3.8, 4) is 0 Å². The van der Waals surface area contributed by atoms with Gasteiger partial charge in [0.15, 0.2) is 5.11 Å². The number of hydrazine groups is 1. The van der Waals surface area contributed by atoms with Crippen molar-refractivity contribution in [2.45, 2.75) is 37.6 Å². The summed E-state index contributed by atoms with van der Waals surface area (Å²) in [7, 11) is 0. The molecular formula is C15H16ClFN4O2S. The standard InChI is InChI=1S/C15H16ClFN4O2S/c16-10-8-9(4-5-11(10)17)18-13(24)20-21-12(22)15(19-14(21)23)6-2-1-3-7-15/h4-5,8H,1-3,6-7H2,(H,19,23)(H2,18,20,24). The molecule has 9 heteroatoms. The number of rotatable bonds is 2. The summed E-state index contributed by atoms with van der Waals surface area (Å²) in [5.41, 5.74) is 2.21. The Kier molecular flexibility index (Phi) is 4.60. The monoisotopic (exact) mass is 370 g/mol. The number of hydrogen-bond acceptors (Lipinski definition) is 3. The van der Waals surface area contributed by atoms with Crippen LogP contribution in [-0.4, -0.2) is 27.6 Å². The molecule has 1 saturated heterocycles. The summed E-state index contributed by atoms with van der Waals surface area (Å²) < 4.78 is 13.2. The summed E-state index contributed by atoms with van der Waals surface area (Å²) in [6, 6.07) is 3.48. The Balaban J connectivity index is 1.66. The molecule has 1 aromatic carbocycles. The van der Waals surface area contributed by atoms with Crippen molar-refractivity contribution < 1.29 is 14.0 Å². The molecule has 1 saturated carbocycles. The highest BCUT2D eigenvalue weighted by Gasteiger charge is 2.51. The van der Waals surface area contributed by atoms with Crippen LogP contribution in [0.25, 0.3) is 0 Å². The summed E-state index contributed by atoms with van der Waals surface area (Å²) >= 11 is 10.8. The topological polar surface area (TPSA) is 73.5 Å². The SMILES string of the molecule is O=C1NC2(CCCCC2)C(=O)N1NC(=S)Nc1ccc(F)c(Cl)c1. The fourth-order valence-electron chi connectivity index (χ4n) is 3.05. The van der Waals surface area contributed by atoms with Crippen molar-refractivity contribution in [2.24, 2.45) is 0 Å². The molecule has 24 heavy (non-hydrogen) atoms. The highest BCUT2D eigenvalue weighted by atomic mass is 35.5. The number of amides is 3. The first-order valence-corrected chi connectivity index (χ1v) is 8.39. The lowest BCUT2D eigenvalue weighted by Crippen LogP contribution is -2.51. The summed E-state index contributed by atoms with van der Waals surface area (Å²) in [6.45, 7) is 0. The molecule has 1 aliphatic carbocycles. The summed E-state index contributed by atoms with van der Waals surface area (Å²) in [4.78, 5) is 24.7. The predicted octanol–water partition coefficient (Wildman–Crippen LogP) is 2.94. The molecular weight excluding hydrogens is 355 g/mol. The molecule has 0 aromatic heterocycles. The van der Waals surface area contributed by atoms with Gasteiger partial charge in [0.25, 0.3) is 5.91 Å². The van der Waals surface area contributed by atoms with Gasteiger partial charge in [0, 0.05) is 5.69 Å². The Bertz CT molecular complexity index is 709. The summed E-state index contributed by atoms with van der Waals surface area (Å²) in [6.07, 6.45) is 4.12. The zero-order valence-corrected chi connectivity index (χ0v) is 14.3. The van der Waals surface area contributed by atoms with Gasteiger partial charge in [-0.05, 0) is 43.3 Å². The second-order valence-electron chi connectivity index (χ2n) is 5.91. The lowest BCUT2D eigenvalue weighted by Gasteiger charge is -2.30. The molecule has 3 rings (SSSR count). The summed E-state index contributed by atoms with van der Waals surface area (Å²) in [5, 5.41) is 6.41. The molecule has 3 amide bonds. The molecule has 0 atom stereocenters. The number of nitrogens with one attached hydrogen (secondary N) is 3. The number of anilines is 1. The van der Waals surface area contributed by atoms with Crippen LogP contribution in [0.5, 0.6) is 0 Å². The number of hydrogen-bond donors (Lipinski definition) is 3. The van der Waals surface area contributed by atoms with Crippen LogP contribution >= 0.6 is 23.8 Å². The fraction of sp³-hybridized carbons (Fsp3) is 0.400. The maximum atomic E-state index is 13.2. The average molecular weight is 371 g/mol. The molecule has 1 heterocycles. The lowest BCUT2D eigenvalue weighted by molar-refractivity contribution is -0.133. The molecule has 2 aliphatic rings. The van der Waals surface area contributed by atoms with E-state index in [-0.39, 0.29) is 16.0 Å². The summed E-state index contributed by atoms with van der Waals surface area (Å²) in [5.74, 6) is -0.872. The van der Waals surface area contributed by atoms with E-state index in [0.29, 0.717) is 18.5 Å². The van der Waals surface area contributed by atoms with E-state index < -0.39 is 17.4 Å². The molecule has 1 spiro atoms. The van der Waals surface area contributed by atoms with Gasteiger partial charge >= 0.3 is 6.03 Å². The first-order valence-electron chi connectivity index (χ1n) is 7.61. The zero-order valence-electron chi connectivity index (χ0n) is 12.7. The van der Waals surface area contributed by atoms with Crippen molar-refractivity contribution in [3.05, 3.63) is 29.0 Å². The third-order valence-corrected chi connectivity index (χ3v) is 4.74. The van der Waals surface area contributed by atoms with E-state index >= 15 is 0 Å². The average Bonchev–Trinajstić information content (AvgIpc) is 2.76. The smallest absolute Gasteiger partial charge is 0.331 e. The predicted molar refractivity (Wildman–Crippen MR) is 92.0 cm³/mol. The second-order valence-corrected chi connectivity index (χ2v) is 6.72. The minimum absolute atomic E-state index is 0.0361. The third kappa shape index (κ3) is 3.16. The largest absolute Gasteiger partial charge is 0.344 e. The van der Waals surface area contributed by atoms with Crippen LogP contribution in [-0.2, 0) is 4.79 Å². The zero-order chi connectivity index (χ0) is 17.3. The van der Waals surface area contributed by atoms with Gasteiger partial charge in [0.05, 0.1) is 5.02 Å². The molecule has 3 N–H and O–H groups in total. The molecule has 6 nitrogen and oxygen atoms in total. The molecule has 2 fully saturated rings. The van der Waals surface area contributed by atoms with Gasteiger partial charge in [-0.25, -0.2) is 9.18 Å². The van der Waals surface area contributed by atoms with Crippen LogP contribution in [0.1, 0.15) is 32.1 Å². The molecule has 0 radical (unpaired) electrons. The van der Waals surface area contributed by atoms with Gasteiger partial charge in [-0.15, -0.1) is 0 Å². The number of nitrogens with zero attached hydrogens (tertiary/aromatic N) is 1. The van der Waals surface area contributed by atoms with Crippen molar-refractivity contribution in [3.63, 3.8) is 0 Å². The Morgan fingerprint density at radius 2 is 2.00 bits per heavy atom. The van der Waals surface area contributed by atoms with Crippen LogP contribution in [0.15, 0.2) is 18.2 Å². The van der Waals surface area contributed by atoms with E-state index in [2.05, 4.69) is 16.1 Å². The molecule has 0 bridgehead atoms. The maximum Gasteiger partial charge on any atom is 0.344 e. The van der Waals surface area contributed by atoms with Gasteiger partial charge in [0.2, 0.25) is 0 Å². The van der Waals surface area contributed by atoms with Crippen molar-refractivity contribution in [1.82, 2.24) is 15.8 Å². The van der Waals surface area contributed by atoms with Gasteiger partial charge in [-0.3, -0.25) is 10.2 Å². The number of halogens is 2. The van der Waals surface area contributed by atoms with E-state index in [4.69, 9.17) is 23.8 Å². The molecule has 1 aliphatic heterocycles. The van der Waals surface area contributed by atoms with Gasteiger partial charge in [-0.2, -0.15) is 5.01 Å². The normalized spacial score (nSPS) is 19.3. The number of imide groups is 1. The second kappa shape index (κ2) is 6.52. The van der Waals surface area contributed by atoms with E-state index in [0.717, 1.165) is 24.3 Å². The van der Waals surface area contributed by atoms with Crippen molar-refractivity contribution in [2.75, 3.05) is 5.32 Å². The van der Waals surface area contributed by atoms with E-state index in [1.54, 1.807) is 0 Å². The molecule has 0 unspecified atom stereocenters. The molecule has 128 valence electrons. The van der Waals surface area contributed by atoms with Crippen LogP contribution < -0.4 is 16.1 Å². The number of carbonyl (C=O) groups excluding carboxylic acids is 2. The Hall–Kier alpha value is -1.93. The highest BCUT2D eigenvalue weighted by Crippen LogP contribution is 2.33. The van der Waals surface area contributed by atoms with Crippen LogP contribution in [0.2, 0.25) is 5.02 Å². The number of thiocarbonyl (C=S) groups is 1. The van der Waals surface area contributed by atoms with Gasteiger partial charge < -0.3 is 10.6 Å². The first-order chi connectivity index (χ1) is 11.4. The minimum atomic E-state index is -0.822. The van der Waals surface area contributed by atoms with Crippen LogP contribution in [0.4, 0.5) is 14.9 Å². The van der Waals surface area contributed by atoms with Crippen molar-refractivity contribution >= 4 is 46.6 Å². The van der Waals surface area contributed by atoms with Crippen molar-refractivity contribution in [1.29, 1.82) is 0 Å². The molecule has 1 aromatic rings. The Morgan fingerprint density at radius 1 is 1.29 bits per heavy atom. The quantitative estimate of drug-likeness (QED) is 0.551. The Labute approximate surface area is 148 Å². The third-order valence-electron chi connectivity index (χ3n) is 4.26. The van der Waals surface area contributed by atoms with E-state index in [1.807, 2.05) is 0 Å². The minimum Gasteiger partial charge on any atom is -0.331 e. The number of carbonyl (C=O) groups is 2.